The molecule has 2 fully saturated rings. The molecule has 1 aromatic heterocycles. The van der Waals surface area contributed by atoms with E-state index in [1.165, 1.54) is 4.90 Å². The van der Waals surface area contributed by atoms with Crippen molar-refractivity contribution in [2.24, 2.45) is 0 Å². The first-order valence-corrected chi connectivity index (χ1v) is 7.62. The zero-order valence-corrected chi connectivity index (χ0v) is 12.7. The molecule has 4 rings (SSSR count). The highest BCUT2D eigenvalue weighted by atomic mass is 16.5. The second-order valence-corrected chi connectivity index (χ2v) is 6.00. The summed E-state index contributed by atoms with van der Waals surface area (Å²) in [4.78, 5) is 31.4. The standard InChI is InChI=1S/C16H16N4O3/c1-10-2-4-11(5-3-10)15-17-13(23-18-15)8-20-14(21)9-19(16(20)22)12-6-7-12/h2-5,12H,6-9H2,1H3. The van der Waals surface area contributed by atoms with Crippen LogP contribution in [0.15, 0.2) is 28.8 Å². The zero-order valence-electron chi connectivity index (χ0n) is 12.7. The Labute approximate surface area is 132 Å². The maximum absolute atomic E-state index is 12.3. The van der Waals surface area contributed by atoms with Gasteiger partial charge in [-0.25, -0.2) is 4.79 Å². The molecule has 0 N–H and O–H groups in total. The van der Waals surface area contributed by atoms with Gasteiger partial charge in [0.2, 0.25) is 11.7 Å². The maximum atomic E-state index is 12.3. The number of imide groups is 1. The predicted molar refractivity (Wildman–Crippen MR) is 80.1 cm³/mol. The molecule has 0 unspecified atom stereocenters. The summed E-state index contributed by atoms with van der Waals surface area (Å²) in [5, 5.41) is 3.93. The number of nitrogens with zero attached hydrogens (tertiary/aromatic N) is 4. The van der Waals surface area contributed by atoms with E-state index in [9.17, 15) is 9.59 Å². The van der Waals surface area contributed by atoms with Crippen LogP contribution in [0.1, 0.15) is 24.3 Å². The monoisotopic (exact) mass is 312 g/mol. The van der Waals surface area contributed by atoms with Gasteiger partial charge in [0, 0.05) is 11.6 Å². The zero-order chi connectivity index (χ0) is 16.0. The fourth-order valence-corrected chi connectivity index (χ4v) is 2.66. The van der Waals surface area contributed by atoms with Gasteiger partial charge in [-0.1, -0.05) is 35.0 Å². The quantitative estimate of drug-likeness (QED) is 0.806. The molecule has 0 radical (unpaired) electrons. The Balaban J connectivity index is 1.50. The first-order valence-electron chi connectivity index (χ1n) is 7.62. The lowest BCUT2D eigenvalue weighted by atomic mass is 10.1. The Kier molecular flexibility index (Phi) is 3.14. The minimum absolute atomic E-state index is 0.0275. The average Bonchev–Trinajstić information content (AvgIpc) is 3.22. The van der Waals surface area contributed by atoms with Gasteiger partial charge in [0.05, 0.1) is 0 Å². The third-order valence-corrected chi connectivity index (χ3v) is 4.14. The summed E-state index contributed by atoms with van der Waals surface area (Å²) < 4.78 is 5.19. The molecule has 0 spiro atoms. The molecule has 1 aromatic carbocycles. The van der Waals surface area contributed by atoms with E-state index in [1.54, 1.807) is 4.90 Å². The molecule has 3 amide bonds. The van der Waals surface area contributed by atoms with E-state index < -0.39 is 0 Å². The van der Waals surface area contributed by atoms with E-state index in [1.807, 2.05) is 31.2 Å². The number of hydrogen-bond donors (Lipinski definition) is 0. The Hall–Kier alpha value is -2.70. The van der Waals surface area contributed by atoms with E-state index in [0.29, 0.717) is 5.82 Å². The minimum atomic E-state index is -0.257. The molecule has 2 heterocycles. The third kappa shape index (κ3) is 2.58. The van der Waals surface area contributed by atoms with Crippen molar-refractivity contribution < 1.29 is 14.1 Å². The Morgan fingerprint density at radius 3 is 2.65 bits per heavy atom. The molecule has 0 atom stereocenters. The second kappa shape index (κ2) is 5.19. The highest BCUT2D eigenvalue weighted by Crippen LogP contribution is 2.30. The van der Waals surface area contributed by atoms with Crippen LogP contribution in [0, 0.1) is 6.92 Å². The van der Waals surface area contributed by atoms with Crippen molar-refractivity contribution in [1.29, 1.82) is 0 Å². The smallest absolute Gasteiger partial charge is 0.327 e. The summed E-state index contributed by atoms with van der Waals surface area (Å²) in [6.45, 7) is 2.18. The second-order valence-electron chi connectivity index (χ2n) is 6.00. The number of aryl methyl sites for hydroxylation is 1. The van der Waals surface area contributed by atoms with Crippen molar-refractivity contribution in [2.75, 3.05) is 6.54 Å². The largest absolute Gasteiger partial charge is 0.337 e. The fraction of sp³-hybridized carbons (Fsp3) is 0.375. The van der Waals surface area contributed by atoms with Crippen molar-refractivity contribution in [3.05, 3.63) is 35.7 Å². The SMILES string of the molecule is Cc1ccc(-c2noc(CN3C(=O)CN(C4CC4)C3=O)n2)cc1. The lowest BCUT2D eigenvalue weighted by Gasteiger charge is -2.14. The topological polar surface area (TPSA) is 79.5 Å². The summed E-state index contributed by atoms with van der Waals surface area (Å²) in [7, 11) is 0. The molecular formula is C16H16N4O3. The van der Waals surface area contributed by atoms with Crippen LogP contribution < -0.4 is 0 Å². The molecule has 7 heteroatoms. The summed E-state index contributed by atoms with van der Waals surface area (Å²) in [5.74, 6) is 0.509. The molecule has 2 aliphatic rings. The minimum Gasteiger partial charge on any atom is -0.337 e. The van der Waals surface area contributed by atoms with Gasteiger partial charge in [0.15, 0.2) is 0 Å². The number of rotatable bonds is 4. The third-order valence-electron chi connectivity index (χ3n) is 4.14. The van der Waals surface area contributed by atoms with E-state index in [2.05, 4.69) is 10.1 Å². The highest BCUT2D eigenvalue weighted by Gasteiger charge is 2.44. The van der Waals surface area contributed by atoms with Crippen molar-refractivity contribution in [2.45, 2.75) is 32.4 Å². The van der Waals surface area contributed by atoms with Crippen LogP contribution in [0.2, 0.25) is 0 Å². The highest BCUT2D eigenvalue weighted by molar-refractivity contribution is 6.02. The van der Waals surface area contributed by atoms with Gasteiger partial charge in [-0.2, -0.15) is 4.98 Å². The van der Waals surface area contributed by atoms with E-state index >= 15 is 0 Å². The van der Waals surface area contributed by atoms with E-state index in [-0.39, 0.29) is 37.0 Å². The van der Waals surface area contributed by atoms with E-state index in [0.717, 1.165) is 24.0 Å². The van der Waals surface area contributed by atoms with Gasteiger partial charge in [-0.3, -0.25) is 9.69 Å². The number of benzene rings is 1. The van der Waals surface area contributed by atoms with Crippen LogP contribution in [-0.2, 0) is 11.3 Å². The summed E-state index contributed by atoms with van der Waals surface area (Å²) >= 11 is 0. The molecule has 23 heavy (non-hydrogen) atoms. The van der Waals surface area contributed by atoms with Crippen molar-refractivity contribution in [3.63, 3.8) is 0 Å². The molecule has 1 saturated heterocycles. The van der Waals surface area contributed by atoms with Crippen LogP contribution in [0.25, 0.3) is 11.4 Å². The lowest BCUT2D eigenvalue weighted by molar-refractivity contribution is -0.126. The number of aromatic nitrogens is 2. The molecule has 1 aliphatic carbocycles. The normalized spacial score (nSPS) is 18.1. The van der Waals surface area contributed by atoms with Gasteiger partial charge in [0.25, 0.3) is 5.91 Å². The van der Waals surface area contributed by atoms with Gasteiger partial charge in [-0.05, 0) is 19.8 Å². The first kappa shape index (κ1) is 13.9. The summed E-state index contributed by atoms with van der Waals surface area (Å²) in [5.41, 5.74) is 1.98. The predicted octanol–water partition coefficient (Wildman–Crippen LogP) is 1.97. The van der Waals surface area contributed by atoms with Crippen molar-refractivity contribution >= 4 is 11.9 Å². The molecule has 2 aromatic rings. The summed E-state index contributed by atoms with van der Waals surface area (Å²) in [6.07, 6.45) is 1.95. The molecule has 0 bridgehead atoms. The Bertz CT molecular complexity index is 764. The number of amides is 3. The number of carbonyl (C=O) groups excluding carboxylic acids is 2. The van der Waals surface area contributed by atoms with Gasteiger partial charge < -0.3 is 9.42 Å². The molecule has 1 aliphatic heterocycles. The number of carbonyl (C=O) groups is 2. The molecular weight excluding hydrogens is 296 g/mol. The van der Waals surface area contributed by atoms with Crippen LogP contribution in [0.4, 0.5) is 4.79 Å². The van der Waals surface area contributed by atoms with Gasteiger partial charge in [0.1, 0.15) is 13.1 Å². The molecule has 7 nitrogen and oxygen atoms in total. The van der Waals surface area contributed by atoms with Crippen molar-refractivity contribution in [3.8, 4) is 11.4 Å². The van der Waals surface area contributed by atoms with Crippen LogP contribution in [-0.4, -0.2) is 44.5 Å². The van der Waals surface area contributed by atoms with Crippen LogP contribution in [0.5, 0.6) is 0 Å². The van der Waals surface area contributed by atoms with Crippen molar-refractivity contribution in [1.82, 2.24) is 19.9 Å². The van der Waals surface area contributed by atoms with Gasteiger partial charge >= 0.3 is 6.03 Å². The lowest BCUT2D eigenvalue weighted by Crippen LogP contribution is -2.33. The number of hydrogen-bond acceptors (Lipinski definition) is 5. The average molecular weight is 312 g/mol. The molecule has 118 valence electrons. The summed E-state index contributed by atoms with van der Waals surface area (Å²) in [6, 6.07) is 7.71. The van der Waals surface area contributed by atoms with E-state index in [4.69, 9.17) is 4.52 Å². The maximum Gasteiger partial charge on any atom is 0.327 e. The molecule has 1 saturated carbocycles. The Morgan fingerprint density at radius 1 is 1.22 bits per heavy atom. The van der Waals surface area contributed by atoms with Crippen LogP contribution >= 0.6 is 0 Å². The fourth-order valence-electron chi connectivity index (χ4n) is 2.66. The Morgan fingerprint density at radius 2 is 1.96 bits per heavy atom. The van der Waals surface area contributed by atoms with Gasteiger partial charge in [-0.15, -0.1) is 0 Å². The van der Waals surface area contributed by atoms with Crippen LogP contribution in [0.3, 0.4) is 0 Å². The number of urea groups is 1. The first-order chi connectivity index (χ1) is 11.1.